The Morgan fingerprint density at radius 3 is 2.61 bits per heavy atom. The average molecular weight is 319 g/mol. The number of amides is 1. The molecule has 0 saturated carbocycles. The summed E-state index contributed by atoms with van der Waals surface area (Å²) in [5.74, 6) is -0.282. The number of carbonyl (C=O) groups is 1. The Hall–Kier alpha value is -2.73. The second kappa shape index (κ2) is 8.05. The quantitative estimate of drug-likeness (QED) is 0.802. The standard InChI is InChI=1S/C17H15F2NO3/c18-17(19)23-15-7-4-12(5-8-15)6-9-16(22)20-14-3-1-2-13(10-14)11-21/h1-10,17,21H,11H2,(H,20,22)/b9-6+. The van der Waals surface area contributed by atoms with Crippen molar-refractivity contribution < 1.29 is 23.4 Å². The summed E-state index contributed by atoms with van der Waals surface area (Å²) in [5.41, 5.74) is 1.94. The molecule has 23 heavy (non-hydrogen) atoms. The Labute approximate surface area is 132 Å². The number of hydrogen-bond donors (Lipinski definition) is 2. The summed E-state index contributed by atoms with van der Waals surface area (Å²) in [6.45, 7) is -2.97. The van der Waals surface area contributed by atoms with Crippen LogP contribution in [-0.2, 0) is 11.4 Å². The van der Waals surface area contributed by atoms with E-state index in [0.29, 0.717) is 16.8 Å². The molecule has 0 heterocycles. The maximum Gasteiger partial charge on any atom is 0.387 e. The van der Waals surface area contributed by atoms with E-state index in [4.69, 9.17) is 5.11 Å². The second-order valence-corrected chi connectivity index (χ2v) is 4.63. The molecular weight excluding hydrogens is 304 g/mol. The summed E-state index contributed by atoms with van der Waals surface area (Å²) in [5, 5.41) is 11.7. The number of carbonyl (C=O) groups excluding carboxylic acids is 1. The number of halogens is 2. The zero-order valence-corrected chi connectivity index (χ0v) is 12.1. The summed E-state index contributed by atoms with van der Waals surface area (Å²) in [7, 11) is 0. The van der Waals surface area contributed by atoms with Gasteiger partial charge in [-0.2, -0.15) is 8.78 Å². The van der Waals surface area contributed by atoms with Crippen molar-refractivity contribution in [3.8, 4) is 5.75 Å². The van der Waals surface area contributed by atoms with Crippen LogP contribution < -0.4 is 10.1 Å². The molecule has 2 N–H and O–H groups in total. The van der Waals surface area contributed by atoms with Crippen molar-refractivity contribution in [3.63, 3.8) is 0 Å². The maximum atomic E-state index is 12.0. The largest absolute Gasteiger partial charge is 0.435 e. The summed E-state index contributed by atoms with van der Waals surface area (Å²) in [4.78, 5) is 11.8. The number of aliphatic hydroxyl groups excluding tert-OH is 1. The van der Waals surface area contributed by atoms with Crippen LogP contribution in [0.15, 0.2) is 54.6 Å². The first kappa shape index (κ1) is 16.6. The van der Waals surface area contributed by atoms with E-state index in [1.807, 2.05) is 0 Å². The third-order valence-corrected chi connectivity index (χ3v) is 2.91. The molecule has 0 spiro atoms. The number of anilines is 1. The summed E-state index contributed by atoms with van der Waals surface area (Å²) >= 11 is 0. The molecule has 4 nitrogen and oxygen atoms in total. The van der Waals surface area contributed by atoms with Gasteiger partial charge in [0, 0.05) is 11.8 Å². The van der Waals surface area contributed by atoms with Gasteiger partial charge >= 0.3 is 6.61 Å². The Morgan fingerprint density at radius 2 is 1.96 bits per heavy atom. The molecule has 120 valence electrons. The van der Waals surface area contributed by atoms with E-state index in [-0.39, 0.29) is 18.3 Å². The van der Waals surface area contributed by atoms with Crippen molar-refractivity contribution in [1.29, 1.82) is 0 Å². The van der Waals surface area contributed by atoms with Gasteiger partial charge in [0.2, 0.25) is 5.91 Å². The number of hydrogen-bond acceptors (Lipinski definition) is 3. The number of ether oxygens (including phenoxy) is 1. The molecule has 2 rings (SSSR count). The van der Waals surface area contributed by atoms with E-state index in [9.17, 15) is 13.6 Å². The normalized spacial score (nSPS) is 11.0. The van der Waals surface area contributed by atoms with Crippen LogP contribution in [0.3, 0.4) is 0 Å². The lowest BCUT2D eigenvalue weighted by atomic mass is 10.2. The first-order chi connectivity index (χ1) is 11.1. The molecule has 2 aromatic rings. The van der Waals surface area contributed by atoms with E-state index in [2.05, 4.69) is 10.1 Å². The highest BCUT2D eigenvalue weighted by Crippen LogP contribution is 2.16. The lowest BCUT2D eigenvalue weighted by Crippen LogP contribution is -2.07. The van der Waals surface area contributed by atoms with Gasteiger partial charge in [0.1, 0.15) is 5.75 Å². The van der Waals surface area contributed by atoms with Gasteiger partial charge in [-0.15, -0.1) is 0 Å². The lowest BCUT2D eigenvalue weighted by Gasteiger charge is -2.04. The van der Waals surface area contributed by atoms with Crippen molar-refractivity contribution in [2.75, 3.05) is 5.32 Å². The van der Waals surface area contributed by atoms with Gasteiger partial charge in [-0.25, -0.2) is 0 Å². The minimum atomic E-state index is -2.86. The van der Waals surface area contributed by atoms with E-state index >= 15 is 0 Å². The monoisotopic (exact) mass is 319 g/mol. The maximum absolute atomic E-state index is 12.0. The fourth-order valence-corrected chi connectivity index (χ4v) is 1.86. The highest BCUT2D eigenvalue weighted by molar-refractivity contribution is 6.01. The number of alkyl halides is 2. The van der Waals surface area contributed by atoms with Crippen LogP contribution in [-0.4, -0.2) is 17.6 Å². The molecule has 0 radical (unpaired) electrons. The van der Waals surface area contributed by atoms with Crippen LogP contribution in [0.4, 0.5) is 14.5 Å². The fourth-order valence-electron chi connectivity index (χ4n) is 1.86. The van der Waals surface area contributed by atoms with Crippen molar-refractivity contribution in [2.24, 2.45) is 0 Å². The summed E-state index contributed by atoms with van der Waals surface area (Å²) in [6.07, 6.45) is 2.88. The van der Waals surface area contributed by atoms with Crippen LogP contribution in [0, 0.1) is 0 Å². The second-order valence-electron chi connectivity index (χ2n) is 4.63. The van der Waals surface area contributed by atoms with Gasteiger partial charge < -0.3 is 15.2 Å². The minimum absolute atomic E-state index is 0.0578. The van der Waals surface area contributed by atoms with Crippen LogP contribution >= 0.6 is 0 Å². The topological polar surface area (TPSA) is 58.6 Å². The van der Waals surface area contributed by atoms with Gasteiger partial charge in [0.25, 0.3) is 0 Å². The molecule has 0 bridgehead atoms. The van der Waals surface area contributed by atoms with Crippen LogP contribution in [0.5, 0.6) is 5.75 Å². The molecule has 2 aromatic carbocycles. The van der Waals surface area contributed by atoms with Gasteiger partial charge in [0.15, 0.2) is 0 Å². The van der Waals surface area contributed by atoms with Gasteiger partial charge in [-0.3, -0.25) is 4.79 Å². The first-order valence-corrected chi connectivity index (χ1v) is 6.80. The highest BCUT2D eigenvalue weighted by Gasteiger charge is 2.03. The van der Waals surface area contributed by atoms with Crippen molar-refractivity contribution in [1.82, 2.24) is 0 Å². The Bertz CT molecular complexity index is 684. The van der Waals surface area contributed by atoms with Crippen LogP contribution in [0.25, 0.3) is 6.08 Å². The molecule has 1 amide bonds. The van der Waals surface area contributed by atoms with E-state index < -0.39 is 6.61 Å². The first-order valence-electron chi connectivity index (χ1n) is 6.80. The van der Waals surface area contributed by atoms with Gasteiger partial charge in [0.05, 0.1) is 6.61 Å². The third-order valence-electron chi connectivity index (χ3n) is 2.91. The van der Waals surface area contributed by atoms with E-state index in [1.54, 1.807) is 42.5 Å². The predicted molar refractivity (Wildman–Crippen MR) is 83.1 cm³/mol. The number of rotatable bonds is 6. The predicted octanol–water partition coefficient (Wildman–Crippen LogP) is 3.43. The molecule has 0 aliphatic carbocycles. The molecule has 0 saturated heterocycles. The van der Waals surface area contributed by atoms with Crippen LogP contribution in [0.2, 0.25) is 0 Å². The molecule has 0 fully saturated rings. The number of aliphatic hydroxyl groups is 1. The third kappa shape index (κ3) is 5.52. The Kier molecular flexibility index (Phi) is 5.82. The number of nitrogens with one attached hydrogen (secondary N) is 1. The van der Waals surface area contributed by atoms with Crippen molar-refractivity contribution >= 4 is 17.7 Å². The van der Waals surface area contributed by atoms with Crippen molar-refractivity contribution in [2.45, 2.75) is 13.2 Å². The van der Waals surface area contributed by atoms with E-state index in [1.165, 1.54) is 18.2 Å². The van der Waals surface area contributed by atoms with Gasteiger partial charge in [-0.1, -0.05) is 24.3 Å². The molecule has 0 atom stereocenters. The average Bonchev–Trinajstić information content (AvgIpc) is 2.54. The Balaban J connectivity index is 1.95. The smallest absolute Gasteiger partial charge is 0.387 e. The van der Waals surface area contributed by atoms with Crippen molar-refractivity contribution in [3.05, 3.63) is 65.7 Å². The number of benzene rings is 2. The van der Waals surface area contributed by atoms with Crippen LogP contribution in [0.1, 0.15) is 11.1 Å². The minimum Gasteiger partial charge on any atom is -0.435 e. The molecule has 0 aliphatic heterocycles. The molecule has 0 unspecified atom stereocenters. The van der Waals surface area contributed by atoms with Gasteiger partial charge in [-0.05, 0) is 41.5 Å². The van der Waals surface area contributed by atoms with E-state index in [0.717, 1.165) is 0 Å². The summed E-state index contributed by atoms with van der Waals surface area (Å²) in [6, 6.07) is 12.8. The Morgan fingerprint density at radius 1 is 1.22 bits per heavy atom. The molecule has 0 aliphatic rings. The zero-order valence-electron chi connectivity index (χ0n) is 12.1. The zero-order chi connectivity index (χ0) is 16.7. The summed E-state index contributed by atoms with van der Waals surface area (Å²) < 4.78 is 28.3. The molecular formula is C17H15F2NO3. The highest BCUT2D eigenvalue weighted by atomic mass is 19.3. The fraction of sp³-hybridized carbons (Fsp3) is 0.118. The molecule has 6 heteroatoms. The lowest BCUT2D eigenvalue weighted by molar-refractivity contribution is -0.111. The SMILES string of the molecule is O=C(/C=C/c1ccc(OC(F)F)cc1)Nc1cccc(CO)c1. The molecule has 0 aromatic heterocycles.